The number of hydrogen-bond acceptors (Lipinski definition) is 3. The number of rotatable bonds is 6. The van der Waals surface area contributed by atoms with Gasteiger partial charge in [-0.1, -0.05) is 6.58 Å². The molecule has 0 aromatic carbocycles. The normalized spacial score (nSPS) is 23.3. The van der Waals surface area contributed by atoms with Gasteiger partial charge in [-0.3, -0.25) is 0 Å². The number of epoxide rings is 1. The molecule has 0 spiro atoms. The smallest absolute Gasteiger partial charge is 0.187 e. The first-order valence-corrected chi connectivity index (χ1v) is 8.36. The highest BCUT2D eigenvalue weighted by molar-refractivity contribution is 6.69. The molecular formula is C10H20O3Si. The van der Waals surface area contributed by atoms with Gasteiger partial charge in [-0.25, -0.2) is 0 Å². The molecule has 2 atom stereocenters. The molecule has 2 unspecified atom stereocenters. The van der Waals surface area contributed by atoms with E-state index in [4.69, 9.17) is 13.9 Å². The highest BCUT2D eigenvalue weighted by Gasteiger charge is 2.27. The van der Waals surface area contributed by atoms with Gasteiger partial charge in [-0.05, 0) is 32.1 Å². The predicted octanol–water partition coefficient (Wildman–Crippen LogP) is 2.16. The van der Waals surface area contributed by atoms with E-state index in [2.05, 4.69) is 26.2 Å². The van der Waals surface area contributed by atoms with E-state index < -0.39 is 8.32 Å². The van der Waals surface area contributed by atoms with Gasteiger partial charge < -0.3 is 13.9 Å². The van der Waals surface area contributed by atoms with E-state index in [1.165, 1.54) is 0 Å². The lowest BCUT2D eigenvalue weighted by Gasteiger charge is -2.26. The lowest BCUT2D eigenvalue weighted by atomic mass is 10.3. The van der Waals surface area contributed by atoms with Gasteiger partial charge in [-0.2, -0.15) is 0 Å². The fraction of sp³-hybridized carbons (Fsp3) is 0.800. The number of hydrogen-bond donors (Lipinski definition) is 0. The van der Waals surface area contributed by atoms with E-state index >= 15 is 0 Å². The first-order chi connectivity index (χ1) is 6.38. The quantitative estimate of drug-likeness (QED) is 0.295. The van der Waals surface area contributed by atoms with Gasteiger partial charge in [0, 0.05) is 0 Å². The molecule has 1 heterocycles. The summed E-state index contributed by atoms with van der Waals surface area (Å²) in [6, 6.07) is 0. The van der Waals surface area contributed by atoms with Crippen molar-refractivity contribution in [3.63, 3.8) is 0 Å². The summed E-state index contributed by atoms with van der Waals surface area (Å²) >= 11 is 0. The molecule has 0 aromatic heterocycles. The third-order valence-electron chi connectivity index (χ3n) is 1.70. The van der Waals surface area contributed by atoms with Crippen LogP contribution in [0.25, 0.3) is 0 Å². The van der Waals surface area contributed by atoms with Crippen LogP contribution in [0.1, 0.15) is 6.92 Å². The Kier molecular flexibility index (Phi) is 3.89. The summed E-state index contributed by atoms with van der Waals surface area (Å²) in [5, 5.41) is 0. The molecule has 14 heavy (non-hydrogen) atoms. The molecule has 1 rings (SSSR count). The standard InChI is InChI=1S/C10H20O3Si/c1-8(2)10(13-14(3,4)5)12-7-9-6-11-9/h9-10H,1,6-7H2,2-5H3. The Labute approximate surface area is 87.2 Å². The van der Waals surface area contributed by atoms with Crippen LogP contribution in [-0.2, 0) is 13.9 Å². The van der Waals surface area contributed by atoms with Crippen LogP contribution < -0.4 is 0 Å². The molecule has 0 aliphatic carbocycles. The summed E-state index contributed by atoms with van der Waals surface area (Å²) in [6.45, 7) is 13.6. The average Bonchev–Trinajstić information content (AvgIpc) is 2.78. The van der Waals surface area contributed by atoms with Crippen LogP contribution in [0.5, 0.6) is 0 Å². The Bertz CT molecular complexity index is 206. The maximum Gasteiger partial charge on any atom is 0.187 e. The van der Waals surface area contributed by atoms with Crippen LogP contribution in [0.4, 0.5) is 0 Å². The molecule has 0 N–H and O–H groups in total. The van der Waals surface area contributed by atoms with Gasteiger partial charge in [0.25, 0.3) is 0 Å². The van der Waals surface area contributed by atoms with Crippen LogP contribution in [0.15, 0.2) is 12.2 Å². The van der Waals surface area contributed by atoms with Crippen molar-refractivity contribution in [2.45, 2.75) is 39.0 Å². The Morgan fingerprint density at radius 1 is 1.57 bits per heavy atom. The maximum atomic E-state index is 5.84. The third-order valence-corrected chi connectivity index (χ3v) is 2.62. The second kappa shape index (κ2) is 4.57. The van der Waals surface area contributed by atoms with E-state index in [0.717, 1.165) is 12.2 Å². The molecule has 0 radical (unpaired) electrons. The highest BCUT2D eigenvalue weighted by atomic mass is 28.4. The van der Waals surface area contributed by atoms with Gasteiger partial charge in [0.2, 0.25) is 0 Å². The van der Waals surface area contributed by atoms with Crippen molar-refractivity contribution in [2.75, 3.05) is 13.2 Å². The van der Waals surface area contributed by atoms with Crippen molar-refractivity contribution in [3.8, 4) is 0 Å². The van der Waals surface area contributed by atoms with Gasteiger partial charge in [0.15, 0.2) is 14.6 Å². The van der Waals surface area contributed by atoms with Crippen LogP contribution in [0.3, 0.4) is 0 Å². The van der Waals surface area contributed by atoms with Crippen molar-refractivity contribution in [2.24, 2.45) is 0 Å². The van der Waals surface area contributed by atoms with E-state index in [1.807, 2.05) is 6.92 Å². The first-order valence-electron chi connectivity index (χ1n) is 4.95. The van der Waals surface area contributed by atoms with Crippen LogP contribution in [0, 0.1) is 0 Å². The minimum atomic E-state index is -1.56. The molecule has 4 heteroatoms. The molecule has 0 saturated carbocycles. The molecule has 82 valence electrons. The summed E-state index contributed by atoms with van der Waals surface area (Å²) in [7, 11) is -1.56. The van der Waals surface area contributed by atoms with Crippen molar-refractivity contribution >= 4 is 8.32 Å². The second-order valence-electron chi connectivity index (χ2n) is 4.70. The molecule has 0 aromatic rings. The zero-order valence-corrected chi connectivity index (χ0v) is 10.5. The highest BCUT2D eigenvalue weighted by Crippen LogP contribution is 2.17. The summed E-state index contributed by atoms with van der Waals surface area (Å²) in [4.78, 5) is 0. The Morgan fingerprint density at radius 3 is 2.50 bits per heavy atom. The predicted molar refractivity (Wildman–Crippen MR) is 58.7 cm³/mol. The van der Waals surface area contributed by atoms with E-state index in [9.17, 15) is 0 Å². The Morgan fingerprint density at radius 2 is 2.14 bits per heavy atom. The zero-order valence-electron chi connectivity index (χ0n) is 9.50. The fourth-order valence-corrected chi connectivity index (χ4v) is 1.87. The Balaban J connectivity index is 2.33. The summed E-state index contributed by atoms with van der Waals surface area (Å²) in [5.41, 5.74) is 0.924. The molecule has 1 saturated heterocycles. The minimum Gasteiger partial charge on any atom is -0.390 e. The zero-order chi connectivity index (χ0) is 10.8. The first kappa shape index (κ1) is 11.9. The summed E-state index contributed by atoms with van der Waals surface area (Å²) in [6.07, 6.45) is 0.0213. The second-order valence-corrected chi connectivity index (χ2v) is 9.16. The molecule has 1 aliphatic heterocycles. The van der Waals surface area contributed by atoms with Crippen molar-refractivity contribution < 1.29 is 13.9 Å². The topological polar surface area (TPSA) is 31.0 Å². The average molecular weight is 216 g/mol. The molecule has 3 nitrogen and oxygen atoms in total. The van der Waals surface area contributed by atoms with Crippen molar-refractivity contribution in [1.82, 2.24) is 0 Å². The minimum absolute atomic E-state index is 0.258. The van der Waals surface area contributed by atoms with Gasteiger partial charge in [0.1, 0.15) is 6.10 Å². The number of ether oxygens (including phenoxy) is 2. The molecule has 0 amide bonds. The molecule has 1 fully saturated rings. The maximum absolute atomic E-state index is 5.84. The van der Waals surface area contributed by atoms with Gasteiger partial charge in [0.05, 0.1) is 13.2 Å². The third kappa shape index (κ3) is 4.90. The lowest BCUT2D eigenvalue weighted by molar-refractivity contribution is -0.0633. The van der Waals surface area contributed by atoms with Crippen LogP contribution in [0.2, 0.25) is 19.6 Å². The van der Waals surface area contributed by atoms with Crippen molar-refractivity contribution in [3.05, 3.63) is 12.2 Å². The Hall–Kier alpha value is -0.163. The monoisotopic (exact) mass is 216 g/mol. The van der Waals surface area contributed by atoms with Crippen LogP contribution in [-0.4, -0.2) is 33.9 Å². The van der Waals surface area contributed by atoms with E-state index in [-0.39, 0.29) is 12.4 Å². The van der Waals surface area contributed by atoms with E-state index in [1.54, 1.807) is 0 Å². The van der Waals surface area contributed by atoms with E-state index in [0.29, 0.717) is 6.61 Å². The van der Waals surface area contributed by atoms with Gasteiger partial charge in [-0.15, -0.1) is 0 Å². The molecule has 1 aliphatic rings. The largest absolute Gasteiger partial charge is 0.390 e. The fourth-order valence-electron chi connectivity index (χ4n) is 0.957. The SMILES string of the molecule is C=C(C)C(OCC1CO1)O[Si](C)(C)C. The molecular weight excluding hydrogens is 196 g/mol. The van der Waals surface area contributed by atoms with Crippen LogP contribution >= 0.6 is 0 Å². The lowest BCUT2D eigenvalue weighted by Crippen LogP contribution is -2.34. The molecule has 0 bridgehead atoms. The van der Waals surface area contributed by atoms with Gasteiger partial charge >= 0.3 is 0 Å². The van der Waals surface area contributed by atoms with Crippen molar-refractivity contribution in [1.29, 1.82) is 0 Å². The summed E-state index contributed by atoms with van der Waals surface area (Å²) < 4.78 is 16.5. The summed E-state index contributed by atoms with van der Waals surface area (Å²) in [5.74, 6) is 0.